The maximum atomic E-state index is 11.6. The first kappa shape index (κ1) is 12.0. The number of nitrogens with zero attached hydrogens (tertiary/aromatic N) is 2. The lowest BCUT2D eigenvalue weighted by atomic mass is 10.3. The van der Waals surface area contributed by atoms with E-state index >= 15 is 0 Å². The van der Waals surface area contributed by atoms with Crippen molar-refractivity contribution in [3.8, 4) is 10.7 Å². The summed E-state index contributed by atoms with van der Waals surface area (Å²) in [7, 11) is 0. The van der Waals surface area contributed by atoms with Crippen LogP contribution in [0.15, 0.2) is 21.8 Å². The van der Waals surface area contributed by atoms with Crippen LogP contribution >= 0.6 is 22.7 Å². The van der Waals surface area contributed by atoms with Gasteiger partial charge in [0.25, 0.3) is 0 Å². The quantitative estimate of drug-likeness (QED) is 0.900. The molecule has 0 unspecified atom stereocenters. The van der Waals surface area contributed by atoms with Crippen LogP contribution in [0.25, 0.3) is 10.7 Å². The fourth-order valence-electron chi connectivity index (χ4n) is 1.45. The molecule has 0 bridgehead atoms. The molecule has 0 amide bonds. The van der Waals surface area contributed by atoms with Crippen molar-refractivity contribution in [2.45, 2.75) is 19.4 Å². The lowest BCUT2D eigenvalue weighted by molar-refractivity contribution is -0.137. The highest BCUT2D eigenvalue weighted by Crippen LogP contribution is 2.22. The minimum atomic E-state index is -0.843. The molecule has 7 heteroatoms. The number of aliphatic carboxylic acids is 1. The van der Waals surface area contributed by atoms with Gasteiger partial charge in [0.2, 0.25) is 0 Å². The first-order chi connectivity index (χ1) is 8.18. The van der Waals surface area contributed by atoms with E-state index in [1.54, 1.807) is 16.1 Å². The summed E-state index contributed by atoms with van der Waals surface area (Å²) in [5.41, 5.74) is 0.778. The highest BCUT2D eigenvalue weighted by Gasteiger charge is 2.11. The number of carbonyl (C=O) groups is 1. The first-order valence-electron chi connectivity index (χ1n) is 4.98. The Hall–Kier alpha value is -1.47. The van der Waals surface area contributed by atoms with Gasteiger partial charge in [0, 0.05) is 29.9 Å². The van der Waals surface area contributed by atoms with Crippen LogP contribution in [0.5, 0.6) is 0 Å². The minimum absolute atomic E-state index is 0.0689. The zero-order chi connectivity index (χ0) is 12.3. The Morgan fingerprint density at radius 1 is 1.47 bits per heavy atom. The number of aromatic nitrogens is 2. The molecule has 0 saturated heterocycles. The number of rotatable bonds is 5. The molecule has 5 nitrogen and oxygen atoms in total. The summed E-state index contributed by atoms with van der Waals surface area (Å²) in [6.07, 6.45) is 2.20. The fraction of sp³-hybridized carbons (Fsp3) is 0.300. The summed E-state index contributed by atoms with van der Waals surface area (Å²) in [5.74, 6) is -0.843. The summed E-state index contributed by atoms with van der Waals surface area (Å²) in [6.45, 7) is 0.420. The molecule has 0 aliphatic heterocycles. The van der Waals surface area contributed by atoms with Crippen molar-refractivity contribution >= 4 is 28.6 Å². The van der Waals surface area contributed by atoms with E-state index in [0.29, 0.717) is 13.0 Å². The Labute approximate surface area is 105 Å². The van der Waals surface area contributed by atoms with Gasteiger partial charge in [-0.1, -0.05) is 11.3 Å². The molecule has 0 aliphatic carbocycles. The largest absolute Gasteiger partial charge is 0.481 e. The summed E-state index contributed by atoms with van der Waals surface area (Å²) < 4.78 is 1.59. The Morgan fingerprint density at radius 2 is 2.29 bits per heavy atom. The number of carboxylic acids is 1. The van der Waals surface area contributed by atoms with E-state index in [-0.39, 0.29) is 11.3 Å². The molecule has 0 saturated carbocycles. The molecule has 1 N–H and O–H groups in total. The predicted molar refractivity (Wildman–Crippen MR) is 66.6 cm³/mol. The molecular weight excluding hydrogens is 260 g/mol. The molecule has 0 radical (unpaired) electrons. The maximum absolute atomic E-state index is 11.6. The highest BCUT2D eigenvalue weighted by atomic mass is 32.1. The average Bonchev–Trinajstić information content (AvgIpc) is 2.88. The summed E-state index contributed by atoms with van der Waals surface area (Å²) in [5, 5.41) is 13.0. The van der Waals surface area contributed by atoms with E-state index in [4.69, 9.17) is 5.11 Å². The van der Waals surface area contributed by atoms with E-state index < -0.39 is 5.97 Å². The monoisotopic (exact) mass is 270 g/mol. The van der Waals surface area contributed by atoms with Crippen molar-refractivity contribution in [3.05, 3.63) is 26.6 Å². The lowest BCUT2D eigenvalue weighted by Crippen LogP contribution is -2.15. The van der Waals surface area contributed by atoms with E-state index in [0.717, 1.165) is 22.0 Å². The Kier molecular flexibility index (Phi) is 3.70. The third-order valence-corrected chi connectivity index (χ3v) is 3.77. The number of hydrogen-bond donors (Lipinski definition) is 1. The van der Waals surface area contributed by atoms with Gasteiger partial charge in [0.1, 0.15) is 5.01 Å². The van der Waals surface area contributed by atoms with Gasteiger partial charge in [0.05, 0.1) is 5.69 Å². The van der Waals surface area contributed by atoms with Gasteiger partial charge in [-0.25, -0.2) is 4.98 Å². The minimum Gasteiger partial charge on any atom is -0.481 e. The van der Waals surface area contributed by atoms with E-state index in [9.17, 15) is 9.59 Å². The number of carboxylic acid groups (broad SMARTS) is 1. The van der Waals surface area contributed by atoms with Crippen molar-refractivity contribution < 1.29 is 9.90 Å². The average molecular weight is 270 g/mol. The van der Waals surface area contributed by atoms with Crippen LogP contribution in [0.2, 0.25) is 0 Å². The van der Waals surface area contributed by atoms with Gasteiger partial charge in [0.15, 0.2) is 0 Å². The highest BCUT2D eigenvalue weighted by molar-refractivity contribution is 7.13. The molecular formula is C10H10N2O3S2. The summed E-state index contributed by atoms with van der Waals surface area (Å²) >= 11 is 2.58. The summed E-state index contributed by atoms with van der Waals surface area (Å²) in [6, 6.07) is 0. The van der Waals surface area contributed by atoms with Crippen molar-refractivity contribution in [2.24, 2.45) is 0 Å². The van der Waals surface area contributed by atoms with E-state index in [1.807, 2.05) is 5.38 Å². The van der Waals surface area contributed by atoms with E-state index in [2.05, 4.69) is 4.98 Å². The van der Waals surface area contributed by atoms with Gasteiger partial charge in [-0.15, -0.1) is 11.3 Å². The summed E-state index contributed by atoms with van der Waals surface area (Å²) in [4.78, 5) is 26.1. The van der Waals surface area contributed by atoms with Crippen LogP contribution in [0.1, 0.15) is 12.8 Å². The van der Waals surface area contributed by atoms with Gasteiger partial charge in [-0.3, -0.25) is 14.2 Å². The predicted octanol–water partition coefficient (Wildman–Crippen LogP) is 1.90. The second-order valence-corrected chi connectivity index (χ2v) is 5.09. The molecule has 2 aromatic rings. The Bertz CT molecular complexity index is 556. The van der Waals surface area contributed by atoms with Gasteiger partial charge in [-0.05, 0) is 6.42 Å². The van der Waals surface area contributed by atoms with E-state index in [1.165, 1.54) is 11.3 Å². The van der Waals surface area contributed by atoms with Crippen LogP contribution in [0, 0.1) is 0 Å². The molecule has 17 heavy (non-hydrogen) atoms. The smallest absolute Gasteiger partial charge is 0.307 e. The Morgan fingerprint density at radius 3 is 2.94 bits per heavy atom. The van der Waals surface area contributed by atoms with Crippen LogP contribution in [0.3, 0.4) is 0 Å². The van der Waals surface area contributed by atoms with Crippen LogP contribution in [-0.2, 0) is 11.3 Å². The SMILES string of the molecule is O=C(O)CCCn1c(-c2nccs2)csc1=O. The third-order valence-electron chi connectivity index (χ3n) is 2.21. The first-order valence-corrected chi connectivity index (χ1v) is 6.74. The van der Waals surface area contributed by atoms with Crippen LogP contribution in [-0.4, -0.2) is 20.6 Å². The van der Waals surface area contributed by atoms with Gasteiger partial charge >= 0.3 is 10.8 Å². The third kappa shape index (κ3) is 2.80. The molecule has 0 atom stereocenters. The second kappa shape index (κ2) is 5.24. The molecule has 0 fully saturated rings. The van der Waals surface area contributed by atoms with Gasteiger partial charge < -0.3 is 5.11 Å². The number of hydrogen-bond acceptors (Lipinski definition) is 5. The van der Waals surface area contributed by atoms with Gasteiger partial charge in [-0.2, -0.15) is 0 Å². The number of thiazole rings is 2. The van der Waals surface area contributed by atoms with Crippen LogP contribution < -0.4 is 4.87 Å². The molecule has 2 aromatic heterocycles. The molecule has 0 spiro atoms. The molecule has 0 aromatic carbocycles. The zero-order valence-electron chi connectivity index (χ0n) is 8.83. The molecule has 2 heterocycles. The standard InChI is InChI=1S/C10H10N2O3S2/c13-8(14)2-1-4-12-7(6-17-10(12)15)9-11-3-5-16-9/h3,5-6H,1-2,4H2,(H,13,14). The zero-order valence-corrected chi connectivity index (χ0v) is 10.5. The van der Waals surface area contributed by atoms with Crippen LogP contribution in [0.4, 0.5) is 0 Å². The molecule has 2 rings (SSSR count). The Balaban J connectivity index is 2.19. The van der Waals surface area contributed by atoms with Crippen molar-refractivity contribution in [2.75, 3.05) is 0 Å². The molecule has 90 valence electrons. The maximum Gasteiger partial charge on any atom is 0.307 e. The van der Waals surface area contributed by atoms with Crippen molar-refractivity contribution in [1.29, 1.82) is 0 Å². The second-order valence-electron chi connectivity index (χ2n) is 3.37. The molecule has 0 aliphatic rings. The van der Waals surface area contributed by atoms with Crippen molar-refractivity contribution in [3.63, 3.8) is 0 Å². The lowest BCUT2D eigenvalue weighted by Gasteiger charge is -2.03. The fourth-order valence-corrected chi connectivity index (χ4v) is 2.95. The topological polar surface area (TPSA) is 72.2 Å². The van der Waals surface area contributed by atoms with Crippen molar-refractivity contribution in [1.82, 2.24) is 9.55 Å². The normalized spacial score (nSPS) is 10.6.